The van der Waals surface area contributed by atoms with Crippen molar-refractivity contribution in [1.29, 1.82) is 10.8 Å². The molecule has 108 valence electrons. The third kappa shape index (κ3) is 8.51. The Kier molecular flexibility index (Phi) is 9.07. The normalized spacial score (nSPS) is 8.00. The van der Waals surface area contributed by atoms with E-state index in [4.69, 9.17) is 30.6 Å². The lowest BCUT2D eigenvalue weighted by atomic mass is 10.1. The molecule has 6 nitrogen and oxygen atoms in total. The molecule has 0 fully saturated rings. The van der Waals surface area contributed by atoms with Crippen LogP contribution in [0.3, 0.4) is 0 Å². The van der Waals surface area contributed by atoms with Gasteiger partial charge in [-0.15, -0.1) is 0 Å². The lowest BCUT2D eigenvalue weighted by Gasteiger charge is -2.02. The number of nitrogens with one attached hydrogen (secondary N) is 2. The molecule has 6 heteroatoms. The SMILES string of the molecule is N=C=O.N=C=O.Oc1ccc(Cc2ccc(O)cc2)cc1. The minimum absolute atomic E-state index is 0.282. The molecular formula is C15H14N2O4. The summed E-state index contributed by atoms with van der Waals surface area (Å²) in [5, 5.41) is 29.1. The molecule has 0 saturated heterocycles. The summed E-state index contributed by atoms with van der Waals surface area (Å²) in [4.78, 5) is 16.7. The van der Waals surface area contributed by atoms with Gasteiger partial charge in [-0.25, -0.2) is 20.4 Å². The second-order valence-corrected chi connectivity index (χ2v) is 3.71. The summed E-state index contributed by atoms with van der Waals surface area (Å²) in [7, 11) is 0. The van der Waals surface area contributed by atoms with Crippen molar-refractivity contribution in [1.82, 2.24) is 0 Å². The number of phenols is 2. The zero-order valence-electron chi connectivity index (χ0n) is 11.0. The summed E-state index contributed by atoms with van der Waals surface area (Å²) in [6, 6.07) is 14.3. The van der Waals surface area contributed by atoms with E-state index in [0.717, 1.165) is 29.7 Å². The highest BCUT2D eigenvalue weighted by Gasteiger charge is 1.96. The van der Waals surface area contributed by atoms with Crippen LogP contribution in [0.25, 0.3) is 0 Å². The maximum Gasteiger partial charge on any atom is 0.231 e. The van der Waals surface area contributed by atoms with Crippen LogP contribution in [0.1, 0.15) is 11.1 Å². The number of rotatable bonds is 2. The summed E-state index contributed by atoms with van der Waals surface area (Å²) in [5.74, 6) is 0.564. The van der Waals surface area contributed by atoms with E-state index in [2.05, 4.69) is 0 Å². The maximum atomic E-state index is 9.13. The highest BCUT2D eigenvalue weighted by atomic mass is 16.3. The predicted molar refractivity (Wildman–Crippen MR) is 75.8 cm³/mol. The Labute approximate surface area is 121 Å². The van der Waals surface area contributed by atoms with Gasteiger partial charge in [-0.1, -0.05) is 24.3 Å². The molecule has 0 aliphatic rings. The van der Waals surface area contributed by atoms with Crippen LogP contribution in [0.2, 0.25) is 0 Å². The Morgan fingerprint density at radius 3 is 1.19 bits per heavy atom. The molecule has 0 aliphatic heterocycles. The predicted octanol–water partition coefficient (Wildman–Crippen LogP) is 2.49. The third-order valence-corrected chi connectivity index (χ3v) is 2.28. The number of benzene rings is 2. The molecule has 21 heavy (non-hydrogen) atoms. The molecule has 0 aliphatic carbocycles. The molecule has 0 aromatic heterocycles. The summed E-state index contributed by atoms with van der Waals surface area (Å²) in [5.41, 5.74) is 2.27. The van der Waals surface area contributed by atoms with Gasteiger partial charge in [0.15, 0.2) is 0 Å². The molecule has 0 spiro atoms. The zero-order chi connectivity index (χ0) is 16.1. The standard InChI is InChI=1S/C13H12O2.2CHNO/c14-12-5-1-10(2-6-12)9-11-3-7-13(15)8-4-11;2*2-1-3/h1-8,14-15H,9H2;2*2H. The first-order valence-electron chi connectivity index (χ1n) is 5.71. The summed E-state index contributed by atoms with van der Waals surface area (Å²) in [6.45, 7) is 0. The largest absolute Gasteiger partial charge is 0.508 e. The first-order chi connectivity index (χ1) is 10.1. The van der Waals surface area contributed by atoms with Crippen LogP contribution in [0, 0.1) is 10.8 Å². The van der Waals surface area contributed by atoms with Crippen molar-refractivity contribution in [2.45, 2.75) is 6.42 Å². The molecule has 0 heterocycles. The van der Waals surface area contributed by atoms with Gasteiger partial charge in [0.25, 0.3) is 0 Å². The molecule has 0 bridgehead atoms. The molecule has 0 saturated carbocycles. The topological polar surface area (TPSA) is 122 Å². The van der Waals surface area contributed by atoms with Gasteiger partial charge < -0.3 is 10.2 Å². The van der Waals surface area contributed by atoms with E-state index in [1.807, 2.05) is 24.3 Å². The van der Waals surface area contributed by atoms with Gasteiger partial charge in [0.1, 0.15) is 11.5 Å². The minimum Gasteiger partial charge on any atom is -0.508 e. The van der Waals surface area contributed by atoms with Gasteiger partial charge in [0, 0.05) is 0 Å². The molecule has 0 radical (unpaired) electrons. The van der Waals surface area contributed by atoms with Crippen molar-refractivity contribution < 1.29 is 19.8 Å². The second-order valence-electron chi connectivity index (χ2n) is 3.71. The van der Waals surface area contributed by atoms with E-state index in [1.165, 1.54) is 0 Å². The van der Waals surface area contributed by atoms with E-state index in [0.29, 0.717) is 0 Å². The van der Waals surface area contributed by atoms with Crippen LogP contribution >= 0.6 is 0 Å². The average Bonchev–Trinajstić information content (AvgIpc) is 2.46. The molecular weight excluding hydrogens is 272 g/mol. The van der Waals surface area contributed by atoms with Crippen LogP contribution in [-0.2, 0) is 16.0 Å². The average molecular weight is 286 g/mol. The van der Waals surface area contributed by atoms with Gasteiger partial charge in [-0.2, -0.15) is 0 Å². The quantitative estimate of drug-likeness (QED) is 0.500. The fourth-order valence-electron chi connectivity index (χ4n) is 1.46. The molecule has 2 aromatic rings. The molecule has 0 unspecified atom stereocenters. The van der Waals surface area contributed by atoms with E-state index in [-0.39, 0.29) is 11.5 Å². The Hall–Kier alpha value is -3.20. The van der Waals surface area contributed by atoms with Crippen molar-refractivity contribution >= 4 is 12.2 Å². The number of phenolic OH excluding ortho intramolecular Hbond substituents is 2. The van der Waals surface area contributed by atoms with Crippen LogP contribution in [0.4, 0.5) is 0 Å². The molecule has 2 aromatic carbocycles. The van der Waals surface area contributed by atoms with Crippen LogP contribution < -0.4 is 0 Å². The molecule has 2 rings (SSSR count). The number of aromatic hydroxyl groups is 2. The van der Waals surface area contributed by atoms with Crippen LogP contribution in [0.5, 0.6) is 11.5 Å². The van der Waals surface area contributed by atoms with Gasteiger partial charge >= 0.3 is 0 Å². The zero-order valence-corrected chi connectivity index (χ0v) is 11.0. The molecule has 0 amide bonds. The highest BCUT2D eigenvalue weighted by Crippen LogP contribution is 2.15. The highest BCUT2D eigenvalue weighted by molar-refractivity contribution is 5.33. The van der Waals surface area contributed by atoms with Crippen molar-refractivity contribution in [3.8, 4) is 11.5 Å². The maximum absolute atomic E-state index is 9.13. The minimum atomic E-state index is 0.282. The second kappa shape index (κ2) is 10.7. The Balaban J connectivity index is 0.000000578. The lowest BCUT2D eigenvalue weighted by Crippen LogP contribution is -1.86. The monoisotopic (exact) mass is 286 g/mol. The smallest absolute Gasteiger partial charge is 0.231 e. The van der Waals surface area contributed by atoms with E-state index < -0.39 is 0 Å². The number of isocyanates is 2. The molecule has 4 N–H and O–H groups in total. The fourth-order valence-corrected chi connectivity index (χ4v) is 1.46. The van der Waals surface area contributed by atoms with Crippen molar-refractivity contribution in [3.05, 3.63) is 59.7 Å². The van der Waals surface area contributed by atoms with Crippen LogP contribution in [0.15, 0.2) is 48.5 Å². The van der Waals surface area contributed by atoms with Crippen LogP contribution in [-0.4, -0.2) is 22.4 Å². The van der Waals surface area contributed by atoms with Crippen molar-refractivity contribution in [2.24, 2.45) is 0 Å². The first kappa shape index (κ1) is 17.8. The molecule has 0 atom stereocenters. The lowest BCUT2D eigenvalue weighted by molar-refractivity contribution is 0.475. The van der Waals surface area contributed by atoms with E-state index in [9.17, 15) is 0 Å². The van der Waals surface area contributed by atoms with Crippen molar-refractivity contribution in [2.75, 3.05) is 0 Å². The van der Waals surface area contributed by atoms with Gasteiger partial charge in [0.2, 0.25) is 12.2 Å². The van der Waals surface area contributed by atoms with Gasteiger partial charge in [0.05, 0.1) is 0 Å². The number of carbonyl (C=O) groups excluding carboxylic acids is 2. The van der Waals surface area contributed by atoms with Gasteiger partial charge in [-0.3, -0.25) is 0 Å². The Morgan fingerprint density at radius 1 is 0.714 bits per heavy atom. The number of hydrogen-bond donors (Lipinski definition) is 4. The van der Waals surface area contributed by atoms with E-state index >= 15 is 0 Å². The third-order valence-electron chi connectivity index (χ3n) is 2.28. The first-order valence-corrected chi connectivity index (χ1v) is 5.71. The summed E-state index contributed by atoms with van der Waals surface area (Å²) < 4.78 is 0. The Bertz CT molecular complexity index is 539. The summed E-state index contributed by atoms with van der Waals surface area (Å²) in [6.07, 6.45) is 2.31. The Morgan fingerprint density at radius 2 is 0.952 bits per heavy atom. The fraction of sp³-hybridized carbons (Fsp3) is 0.0667. The summed E-state index contributed by atoms with van der Waals surface area (Å²) >= 11 is 0. The van der Waals surface area contributed by atoms with Gasteiger partial charge in [-0.05, 0) is 41.8 Å². The van der Waals surface area contributed by atoms with E-state index in [1.54, 1.807) is 24.3 Å². The van der Waals surface area contributed by atoms with Crippen molar-refractivity contribution in [3.63, 3.8) is 0 Å². The number of hydrogen-bond acceptors (Lipinski definition) is 6.